The van der Waals surface area contributed by atoms with Gasteiger partial charge in [0, 0.05) is 17.6 Å². The van der Waals surface area contributed by atoms with Crippen molar-refractivity contribution in [1.29, 1.82) is 0 Å². The normalized spacial score (nSPS) is 17.6. The molecule has 0 aromatic heterocycles. The lowest BCUT2D eigenvalue weighted by Gasteiger charge is -2.43. The van der Waals surface area contributed by atoms with Gasteiger partial charge in [-0.3, -0.25) is 19.8 Å². The van der Waals surface area contributed by atoms with E-state index in [1.165, 1.54) is 0 Å². The van der Waals surface area contributed by atoms with E-state index in [4.69, 9.17) is 0 Å². The molecule has 0 unspecified atom stereocenters. The van der Waals surface area contributed by atoms with Crippen molar-refractivity contribution in [2.45, 2.75) is 12.5 Å². The second-order valence-electron chi connectivity index (χ2n) is 5.00. The molecule has 2 N–H and O–H groups in total. The maximum atomic E-state index is 11.9. The SMILES string of the molecule is CC1(O)CN(CC(=O)NC(=O)c2ccccc2Br)C1. The fraction of sp³-hybridized carbons (Fsp3) is 0.385. The molecular formula is C13H15BrN2O3. The molecule has 2 amide bonds. The van der Waals surface area contributed by atoms with Crippen molar-refractivity contribution in [3.8, 4) is 0 Å². The average molecular weight is 327 g/mol. The van der Waals surface area contributed by atoms with Crippen molar-refractivity contribution in [2.75, 3.05) is 19.6 Å². The number of nitrogens with one attached hydrogen (secondary N) is 1. The monoisotopic (exact) mass is 326 g/mol. The number of carbonyl (C=O) groups excluding carboxylic acids is 2. The first-order valence-corrected chi connectivity index (χ1v) is 6.70. The van der Waals surface area contributed by atoms with Crippen LogP contribution in [0.3, 0.4) is 0 Å². The maximum Gasteiger partial charge on any atom is 0.259 e. The first-order valence-electron chi connectivity index (χ1n) is 5.91. The maximum absolute atomic E-state index is 11.9. The number of hydrogen-bond acceptors (Lipinski definition) is 4. The number of β-amino-alcohol motifs (C(OH)–C–C–N with tert-alkyl or cyclic N) is 1. The van der Waals surface area contributed by atoms with E-state index in [-0.39, 0.29) is 12.5 Å². The van der Waals surface area contributed by atoms with E-state index in [0.29, 0.717) is 23.1 Å². The van der Waals surface area contributed by atoms with E-state index in [0.717, 1.165) is 0 Å². The predicted molar refractivity (Wildman–Crippen MR) is 73.7 cm³/mol. The zero-order valence-electron chi connectivity index (χ0n) is 10.5. The summed E-state index contributed by atoms with van der Waals surface area (Å²) in [4.78, 5) is 25.3. The Morgan fingerprint density at radius 3 is 2.63 bits per heavy atom. The van der Waals surface area contributed by atoms with Crippen LogP contribution < -0.4 is 5.32 Å². The highest BCUT2D eigenvalue weighted by atomic mass is 79.9. The van der Waals surface area contributed by atoms with Gasteiger partial charge in [0.25, 0.3) is 5.91 Å². The van der Waals surface area contributed by atoms with E-state index < -0.39 is 11.5 Å². The van der Waals surface area contributed by atoms with Crippen molar-refractivity contribution >= 4 is 27.7 Å². The molecule has 1 aromatic rings. The summed E-state index contributed by atoms with van der Waals surface area (Å²) in [7, 11) is 0. The van der Waals surface area contributed by atoms with Crippen LogP contribution in [-0.2, 0) is 4.79 Å². The summed E-state index contributed by atoms with van der Waals surface area (Å²) in [6, 6.07) is 6.91. The van der Waals surface area contributed by atoms with E-state index in [9.17, 15) is 14.7 Å². The quantitative estimate of drug-likeness (QED) is 0.861. The molecule has 0 saturated carbocycles. The minimum Gasteiger partial charge on any atom is -0.388 e. The fourth-order valence-electron chi connectivity index (χ4n) is 2.11. The fourth-order valence-corrected chi connectivity index (χ4v) is 2.58. The van der Waals surface area contributed by atoms with E-state index in [1.54, 1.807) is 36.1 Å². The van der Waals surface area contributed by atoms with Crippen LogP contribution >= 0.6 is 15.9 Å². The Labute approximate surface area is 119 Å². The lowest BCUT2D eigenvalue weighted by Crippen LogP contribution is -2.61. The average Bonchev–Trinajstić information content (AvgIpc) is 2.26. The Bertz CT molecular complexity index is 508. The minimum atomic E-state index is -0.716. The Hall–Kier alpha value is -1.24. The number of likely N-dealkylation sites (tertiary alicyclic amines) is 1. The second kappa shape index (κ2) is 5.40. The molecule has 0 bridgehead atoms. The largest absolute Gasteiger partial charge is 0.388 e. The van der Waals surface area contributed by atoms with Crippen molar-refractivity contribution in [3.63, 3.8) is 0 Å². The zero-order chi connectivity index (χ0) is 14.0. The van der Waals surface area contributed by atoms with Gasteiger partial charge in [0.05, 0.1) is 17.7 Å². The van der Waals surface area contributed by atoms with Gasteiger partial charge in [-0.15, -0.1) is 0 Å². The van der Waals surface area contributed by atoms with Gasteiger partial charge in [-0.05, 0) is 35.0 Å². The molecule has 0 atom stereocenters. The van der Waals surface area contributed by atoms with E-state index >= 15 is 0 Å². The second-order valence-corrected chi connectivity index (χ2v) is 5.85. The zero-order valence-corrected chi connectivity index (χ0v) is 12.1. The predicted octanol–water partition coefficient (Wildman–Crippen LogP) is 0.772. The highest BCUT2D eigenvalue weighted by Crippen LogP contribution is 2.19. The van der Waals surface area contributed by atoms with Gasteiger partial charge < -0.3 is 5.11 Å². The standard InChI is InChI=1S/C13H15BrN2O3/c1-13(19)7-16(8-13)6-11(17)15-12(18)9-4-2-3-5-10(9)14/h2-5,19H,6-8H2,1H3,(H,15,17,18). The van der Waals surface area contributed by atoms with Crippen LogP contribution in [0, 0.1) is 0 Å². The number of carbonyl (C=O) groups is 2. The number of aliphatic hydroxyl groups is 1. The van der Waals surface area contributed by atoms with Crippen molar-refractivity contribution in [1.82, 2.24) is 10.2 Å². The number of imide groups is 1. The third-order valence-corrected chi connectivity index (χ3v) is 3.56. The van der Waals surface area contributed by atoms with E-state index in [1.807, 2.05) is 0 Å². The van der Waals surface area contributed by atoms with Gasteiger partial charge in [-0.2, -0.15) is 0 Å². The van der Waals surface area contributed by atoms with Crippen LogP contribution in [0.1, 0.15) is 17.3 Å². The number of nitrogens with zero attached hydrogens (tertiary/aromatic N) is 1. The van der Waals surface area contributed by atoms with Crippen LogP contribution in [0.25, 0.3) is 0 Å². The molecule has 6 heteroatoms. The Morgan fingerprint density at radius 1 is 1.42 bits per heavy atom. The molecule has 0 aliphatic carbocycles. The smallest absolute Gasteiger partial charge is 0.259 e. The third-order valence-electron chi connectivity index (χ3n) is 2.87. The Balaban J connectivity index is 1.86. The molecule has 1 saturated heterocycles. The summed E-state index contributed by atoms with van der Waals surface area (Å²) >= 11 is 3.26. The summed E-state index contributed by atoms with van der Waals surface area (Å²) in [6.07, 6.45) is 0. The topological polar surface area (TPSA) is 69.6 Å². The first kappa shape index (κ1) is 14.2. The Morgan fingerprint density at radius 2 is 2.05 bits per heavy atom. The highest BCUT2D eigenvalue weighted by molar-refractivity contribution is 9.10. The Kier molecular flexibility index (Phi) is 4.03. The number of amides is 2. The van der Waals surface area contributed by atoms with Crippen molar-refractivity contribution < 1.29 is 14.7 Å². The summed E-state index contributed by atoms with van der Waals surface area (Å²) in [6.45, 7) is 2.73. The molecule has 0 radical (unpaired) electrons. The summed E-state index contributed by atoms with van der Waals surface area (Å²) < 4.78 is 0.646. The molecule has 19 heavy (non-hydrogen) atoms. The lowest BCUT2D eigenvalue weighted by atomic mass is 9.97. The first-order chi connectivity index (χ1) is 8.87. The summed E-state index contributed by atoms with van der Waals surface area (Å²) in [5, 5.41) is 11.9. The van der Waals surface area contributed by atoms with Crippen LogP contribution in [0.2, 0.25) is 0 Å². The molecular weight excluding hydrogens is 312 g/mol. The van der Waals surface area contributed by atoms with Gasteiger partial charge in [0.15, 0.2) is 0 Å². The molecule has 1 fully saturated rings. The van der Waals surface area contributed by atoms with Gasteiger partial charge in [-0.1, -0.05) is 12.1 Å². The summed E-state index contributed by atoms with van der Waals surface area (Å²) in [5.74, 6) is -0.791. The molecule has 1 heterocycles. The van der Waals surface area contributed by atoms with Crippen LogP contribution in [0.5, 0.6) is 0 Å². The molecule has 1 aliphatic rings. The lowest BCUT2D eigenvalue weighted by molar-refractivity contribution is -0.129. The molecule has 102 valence electrons. The number of rotatable bonds is 3. The van der Waals surface area contributed by atoms with Gasteiger partial charge in [0.1, 0.15) is 0 Å². The third kappa shape index (κ3) is 3.62. The molecule has 2 rings (SSSR count). The van der Waals surface area contributed by atoms with Crippen molar-refractivity contribution in [3.05, 3.63) is 34.3 Å². The minimum absolute atomic E-state index is 0.117. The molecule has 0 spiro atoms. The molecule has 1 aliphatic heterocycles. The number of hydrogen-bond donors (Lipinski definition) is 2. The van der Waals surface area contributed by atoms with Crippen LogP contribution in [0.15, 0.2) is 28.7 Å². The highest BCUT2D eigenvalue weighted by Gasteiger charge is 2.37. The van der Waals surface area contributed by atoms with Crippen molar-refractivity contribution in [2.24, 2.45) is 0 Å². The van der Waals surface area contributed by atoms with Gasteiger partial charge in [-0.25, -0.2) is 0 Å². The number of halogens is 1. The van der Waals surface area contributed by atoms with Crippen LogP contribution in [-0.4, -0.2) is 47.1 Å². The van der Waals surface area contributed by atoms with Gasteiger partial charge >= 0.3 is 0 Å². The van der Waals surface area contributed by atoms with Gasteiger partial charge in [0.2, 0.25) is 5.91 Å². The van der Waals surface area contributed by atoms with E-state index in [2.05, 4.69) is 21.2 Å². The molecule has 5 nitrogen and oxygen atoms in total. The summed E-state index contributed by atoms with van der Waals surface area (Å²) in [5.41, 5.74) is -0.293. The van der Waals surface area contributed by atoms with Crippen LogP contribution in [0.4, 0.5) is 0 Å². The molecule has 1 aromatic carbocycles. The number of benzene rings is 1.